The minimum Gasteiger partial charge on any atom is -0.408 e. The van der Waals surface area contributed by atoms with E-state index in [1.165, 1.54) is 30.3 Å². The first-order chi connectivity index (χ1) is 14.6. The largest absolute Gasteiger partial charge is 0.420 e. The monoisotopic (exact) mass is 413 g/mol. The molecule has 1 aliphatic rings. The number of nitrogens with one attached hydrogen (secondary N) is 1. The van der Waals surface area contributed by atoms with E-state index in [0.717, 1.165) is 31.6 Å². The predicted octanol–water partition coefficient (Wildman–Crippen LogP) is 2.33. The average molecular weight is 413 g/mol. The van der Waals surface area contributed by atoms with Gasteiger partial charge < -0.3 is 19.2 Å². The molecule has 0 unspecified atom stereocenters. The van der Waals surface area contributed by atoms with Gasteiger partial charge in [0.15, 0.2) is 11.4 Å². The van der Waals surface area contributed by atoms with Crippen LogP contribution in [0.25, 0.3) is 11.1 Å². The van der Waals surface area contributed by atoms with Gasteiger partial charge in [-0.1, -0.05) is 24.1 Å². The van der Waals surface area contributed by atoms with Crippen molar-refractivity contribution in [2.75, 3.05) is 26.2 Å². The second-order valence-electron chi connectivity index (χ2n) is 7.81. The number of aromatic nitrogens is 3. The number of likely N-dealkylation sites (tertiary alicyclic amines) is 1. The van der Waals surface area contributed by atoms with E-state index in [9.17, 15) is 9.59 Å². The molecule has 9 nitrogen and oxygen atoms in total. The number of hydrogen-bond acceptors (Lipinski definition) is 7. The Morgan fingerprint density at radius 2 is 2.00 bits per heavy atom. The van der Waals surface area contributed by atoms with E-state index in [4.69, 9.17) is 8.94 Å². The number of oxazole rings is 1. The first-order valence-corrected chi connectivity index (χ1v) is 10.5. The van der Waals surface area contributed by atoms with Crippen molar-refractivity contribution in [3.05, 3.63) is 46.0 Å². The van der Waals surface area contributed by atoms with Crippen LogP contribution in [0.1, 0.15) is 54.2 Å². The maximum absolute atomic E-state index is 12.3. The van der Waals surface area contributed by atoms with E-state index in [-0.39, 0.29) is 18.3 Å². The molecule has 1 aromatic carbocycles. The highest BCUT2D eigenvalue weighted by Crippen LogP contribution is 2.15. The molecule has 0 aliphatic carbocycles. The summed E-state index contributed by atoms with van der Waals surface area (Å²) in [6.07, 6.45) is 6.01. The Hall–Kier alpha value is -2.94. The van der Waals surface area contributed by atoms with E-state index >= 15 is 0 Å². The van der Waals surface area contributed by atoms with Gasteiger partial charge in [-0.2, -0.15) is 4.98 Å². The predicted molar refractivity (Wildman–Crippen MR) is 110 cm³/mol. The Labute approximate surface area is 174 Å². The molecule has 0 atom stereocenters. The topological polar surface area (TPSA) is 106 Å². The van der Waals surface area contributed by atoms with Crippen molar-refractivity contribution in [1.82, 2.24) is 24.9 Å². The van der Waals surface area contributed by atoms with E-state index in [0.29, 0.717) is 17.6 Å². The molecule has 3 heterocycles. The lowest BCUT2D eigenvalue weighted by Gasteiger charge is -2.19. The van der Waals surface area contributed by atoms with Gasteiger partial charge in [-0.3, -0.25) is 9.36 Å². The summed E-state index contributed by atoms with van der Waals surface area (Å²) in [6, 6.07) is 5.49. The lowest BCUT2D eigenvalue weighted by atomic mass is 10.2. The van der Waals surface area contributed by atoms with Crippen LogP contribution in [0.3, 0.4) is 0 Å². The maximum Gasteiger partial charge on any atom is 0.420 e. The van der Waals surface area contributed by atoms with Crippen LogP contribution in [0.4, 0.5) is 0 Å². The number of rotatable bonds is 7. The first-order valence-electron chi connectivity index (χ1n) is 10.5. The molecular formula is C21H27N5O4. The number of carbonyl (C=O) groups is 1. The van der Waals surface area contributed by atoms with Gasteiger partial charge in [-0.05, 0) is 63.5 Å². The standard InChI is InChI=1S/C21H27N5O4/c1-15-7-8-17-16(13-15)26(21(28)29-17)14-18-23-20(30-24-18)19(27)22-9-6-12-25-10-4-2-3-5-11-25/h7-8,13H,2-6,9-12,14H2,1H3,(H,22,27). The van der Waals surface area contributed by atoms with Crippen LogP contribution in [0.15, 0.2) is 31.9 Å². The summed E-state index contributed by atoms with van der Waals surface area (Å²) in [5.74, 6) is -0.752. The second kappa shape index (κ2) is 9.25. The number of carbonyl (C=O) groups excluding carboxylic acids is 1. The molecule has 9 heteroatoms. The highest BCUT2D eigenvalue weighted by molar-refractivity contribution is 5.89. The SMILES string of the molecule is Cc1ccc2oc(=O)n(Cc3noc(C(=O)NCCCN4CCCCCC4)n3)c2c1. The molecular weight excluding hydrogens is 386 g/mol. The lowest BCUT2D eigenvalue weighted by Crippen LogP contribution is -2.30. The van der Waals surface area contributed by atoms with Gasteiger partial charge in [0.1, 0.15) is 0 Å². The third-order valence-electron chi connectivity index (χ3n) is 5.42. The number of benzene rings is 1. The fraction of sp³-hybridized carbons (Fsp3) is 0.524. The van der Waals surface area contributed by atoms with E-state index in [2.05, 4.69) is 20.4 Å². The molecule has 1 amide bonds. The molecule has 0 bridgehead atoms. The van der Waals surface area contributed by atoms with E-state index in [1.54, 1.807) is 6.07 Å². The van der Waals surface area contributed by atoms with Crippen molar-refractivity contribution in [2.45, 2.75) is 45.6 Å². The Balaban J connectivity index is 1.31. The molecule has 1 fully saturated rings. The van der Waals surface area contributed by atoms with Gasteiger partial charge in [-0.25, -0.2) is 4.79 Å². The zero-order valence-electron chi connectivity index (χ0n) is 17.2. The third-order valence-corrected chi connectivity index (χ3v) is 5.42. The van der Waals surface area contributed by atoms with Crippen molar-refractivity contribution < 1.29 is 13.7 Å². The van der Waals surface area contributed by atoms with Crippen molar-refractivity contribution in [3.63, 3.8) is 0 Å². The van der Waals surface area contributed by atoms with Gasteiger partial charge in [-0.15, -0.1) is 0 Å². The summed E-state index contributed by atoms with van der Waals surface area (Å²) in [5, 5.41) is 6.66. The summed E-state index contributed by atoms with van der Waals surface area (Å²) in [5.41, 5.74) is 2.16. The van der Waals surface area contributed by atoms with E-state index < -0.39 is 11.7 Å². The van der Waals surface area contributed by atoms with Gasteiger partial charge in [0.25, 0.3) is 0 Å². The molecule has 4 rings (SSSR count). The average Bonchev–Trinajstić information content (AvgIpc) is 3.21. The number of hydrogen-bond donors (Lipinski definition) is 1. The maximum atomic E-state index is 12.3. The fourth-order valence-electron chi connectivity index (χ4n) is 3.81. The minimum atomic E-state index is -0.500. The molecule has 1 N–H and O–H groups in total. The molecule has 0 spiro atoms. The van der Waals surface area contributed by atoms with Crippen LogP contribution < -0.4 is 11.1 Å². The number of amides is 1. The van der Waals surface area contributed by atoms with Crippen molar-refractivity contribution in [3.8, 4) is 0 Å². The molecule has 1 saturated heterocycles. The Morgan fingerprint density at radius 3 is 2.80 bits per heavy atom. The Kier molecular flexibility index (Phi) is 6.27. The molecule has 0 saturated carbocycles. The van der Waals surface area contributed by atoms with Crippen molar-refractivity contribution in [2.24, 2.45) is 0 Å². The molecule has 30 heavy (non-hydrogen) atoms. The quantitative estimate of drug-likeness (QED) is 0.593. The minimum absolute atomic E-state index is 0.0705. The van der Waals surface area contributed by atoms with Crippen LogP contribution in [-0.2, 0) is 6.54 Å². The lowest BCUT2D eigenvalue weighted by molar-refractivity contribution is 0.0908. The smallest absolute Gasteiger partial charge is 0.408 e. The van der Waals surface area contributed by atoms with Crippen molar-refractivity contribution in [1.29, 1.82) is 0 Å². The zero-order valence-corrected chi connectivity index (χ0v) is 17.2. The first kappa shape index (κ1) is 20.3. The number of aryl methyl sites for hydroxylation is 1. The third kappa shape index (κ3) is 4.79. The van der Waals surface area contributed by atoms with Crippen LogP contribution in [0, 0.1) is 6.92 Å². The van der Waals surface area contributed by atoms with Gasteiger partial charge in [0.2, 0.25) is 0 Å². The normalized spacial score (nSPS) is 15.4. The summed E-state index contributed by atoms with van der Waals surface area (Å²) in [4.78, 5) is 31.0. The van der Waals surface area contributed by atoms with Crippen LogP contribution in [0.2, 0.25) is 0 Å². The zero-order chi connectivity index (χ0) is 20.9. The highest BCUT2D eigenvalue weighted by atomic mass is 16.5. The highest BCUT2D eigenvalue weighted by Gasteiger charge is 2.17. The van der Waals surface area contributed by atoms with Gasteiger partial charge >= 0.3 is 17.6 Å². The summed E-state index contributed by atoms with van der Waals surface area (Å²) >= 11 is 0. The molecule has 2 aromatic heterocycles. The van der Waals surface area contributed by atoms with Gasteiger partial charge in [0, 0.05) is 6.54 Å². The Bertz CT molecular complexity index is 1060. The fourth-order valence-corrected chi connectivity index (χ4v) is 3.81. The Morgan fingerprint density at radius 1 is 1.20 bits per heavy atom. The summed E-state index contributed by atoms with van der Waals surface area (Å²) in [6.45, 7) is 5.82. The number of fused-ring (bicyclic) bond motifs is 1. The molecule has 0 radical (unpaired) electrons. The van der Waals surface area contributed by atoms with E-state index in [1.807, 2.05) is 19.1 Å². The summed E-state index contributed by atoms with van der Waals surface area (Å²) in [7, 11) is 0. The molecule has 3 aromatic rings. The van der Waals surface area contributed by atoms with Crippen molar-refractivity contribution >= 4 is 17.0 Å². The second-order valence-corrected chi connectivity index (χ2v) is 7.81. The van der Waals surface area contributed by atoms with Crippen LogP contribution >= 0.6 is 0 Å². The number of nitrogens with zero attached hydrogens (tertiary/aromatic N) is 4. The van der Waals surface area contributed by atoms with Crippen LogP contribution in [0.5, 0.6) is 0 Å². The van der Waals surface area contributed by atoms with Crippen LogP contribution in [-0.4, -0.2) is 51.7 Å². The molecule has 160 valence electrons. The molecule has 1 aliphatic heterocycles. The van der Waals surface area contributed by atoms with Gasteiger partial charge in [0.05, 0.1) is 12.1 Å². The summed E-state index contributed by atoms with van der Waals surface area (Å²) < 4.78 is 11.8.